The van der Waals surface area contributed by atoms with Crippen molar-refractivity contribution in [2.24, 2.45) is 0 Å². The molecule has 1 heterocycles. The Bertz CT molecular complexity index is 1050. The quantitative estimate of drug-likeness (QED) is 0.559. The van der Waals surface area contributed by atoms with Gasteiger partial charge in [-0.05, 0) is 55.5 Å². The van der Waals surface area contributed by atoms with E-state index in [1.165, 1.54) is 65.6 Å². The molecule has 154 valence electrons. The van der Waals surface area contributed by atoms with Gasteiger partial charge in [0.25, 0.3) is 11.8 Å². The highest BCUT2D eigenvalue weighted by Crippen LogP contribution is 2.12. The van der Waals surface area contributed by atoms with Crippen LogP contribution in [0.4, 0.5) is 14.9 Å². The number of carbonyl (C=O) groups excluding carboxylic acids is 3. The molecular weight excluding hydrogens is 393 g/mol. The van der Waals surface area contributed by atoms with Gasteiger partial charge in [-0.15, -0.1) is 0 Å². The van der Waals surface area contributed by atoms with Crippen LogP contribution >= 0.6 is 0 Å². The third-order valence-electron chi connectivity index (χ3n) is 3.93. The number of nitrogens with zero attached hydrogens (tertiary/aromatic N) is 2. The fourth-order valence-corrected chi connectivity index (χ4v) is 2.51. The lowest BCUT2D eigenvalue weighted by atomic mass is 10.2. The van der Waals surface area contributed by atoms with Crippen LogP contribution in [0.15, 0.2) is 61.1 Å². The highest BCUT2D eigenvalue weighted by Gasteiger charge is 2.15. The number of hydrazine groups is 1. The molecule has 0 atom stereocenters. The van der Waals surface area contributed by atoms with E-state index in [0.29, 0.717) is 11.4 Å². The molecule has 0 aliphatic rings. The Hall–Kier alpha value is -4.21. The molecular formula is C20H18FN5O4. The van der Waals surface area contributed by atoms with Gasteiger partial charge in [-0.3, -0.25) is 30.3 Å². The maximum Gasteiger partial charge on any atom is 0.411 e. The van der Waals surface area contributed by atoms with Crippen LogP contribution in [0.5, 0.6) is 0 Å². The summed E-state index contributed by atoms with van der Waals surface area (Å²) in [5, 5.41) is 2.51. The molecule has 0 aliphatic carbocycles. The smallest absolute Gasteiger partial charge is 0.411 e. The van der Waals surface area contributed by atoms with Gasteiger partial charge in [-0.1, -0.05) is 0 Å². The summed E-state index contributed by atoms with van der Waals surface area (Å²) in [6.45, 7) is 1.93. The molecule has 3 amide bonds. The van der Waals surface area contributed by atoms with Crippen molar-refractivity contribution < 1.29 is 23.5 Å². The zero-order valence-electron chi connectivity index (χ0n) is 15.9. The van der Waals surface area contributed by atoms with E-state index in [9.17, 15) is 18.8 Å². The van der Waals surface area contributed by atoms with E-state index in [1.54, 1.807) is 6.92 Å². The number of benzene rings is 2. The molecule has 0 spiro atoms. The zero-order chi connectivity index (χ0) is 21.5. The SMILES string of the molecule is CCOC(=O)Nc1ccc(C(=O)NNC(=O)c2cncn2-c2ccc(F)cc2)cc1. The van der Waals surface area contributed by atoms with Crippen LogP contribution in [0.1, 0.15) is 27.8 Å². The van der Waals surface area contributed by atoms with E-state index in [1.807, 2.05) is 0 Å². The molecule has 3 aromatic rings. The molecule has 9 nitrogen and oxygen atoms in total. The average molecular weight is 411 g/mol. The second-order valence-electron chi connectivity index (χ2n) is 5.96. The van der Waals surface area contributed by atoms with Crippen molar-refractivity contribution >= 4 is 23.6 Å². The molecule has 3 rings (SSSR count). The number of ether oxygens (including phenoxy) is 1. The minimum atomic E-state index is -0.606. The molecule has 0 saturated heterocycles. The van der Waals surface area contributed by atoms with Crippen LogP contribution in [-0.2, 0) is 4.74 Å². The van der Waals surface area contributed by atoms with Gasteiger partial charge >= 0.3 is 6.09 Å². The van der Waals surface area contributed by atoms with Crippen LogP contribution in [-0.4, -0.2) is 34.1 Å². The molecule has 0 radical (unpaired) electrons. The summed E-state index contributed by atoms with van der Waals surface area (Å²) >= 11 is 0. The Morgan fingerprint density at radius 1 is 1.00 bits per heavy atom. The predicted octanol–water partition coefficient (Wildman–Crippen LogP) is 2.65. The molecule has 3 N–H and O–H groups in total. The molecule has 2 aromatic carbocycles. The van der Waals surface area contributed by atoms with Gasteiger partial charge in [0.15, 0.2) is 0 Å². The van der Waals surface area contributed by atoms with Crippen molar-refractivity contribution in [1.82, 2.24) is 20.4 Å². The summed E-state index contributed by atoms with van der Waals surface area (Å²) in [6, 6.07) is 11.5. The van der Waals surface area contributed by atoms with Crippen molar-refractivity contribution in [3.63, 3.8) is 0 Å². The lowest BCUT2D eigenvalue weighted by molar-refractivity contribution is 0.0843. The van der Waals surface area contributed by atoms with Crippen molar-refractivity contribution in [3.8, 4) is 5.69 Å². The minimum absolute atomic E-state index is 0.149. The number of hydrogen-bond acceptors (Lipinski definition) is 5. The lowest BCUT2D eigenvalue weighted by Gasteiger charge is -2.10. The molecule has 0 aliphatic heterocycles. The van der Waals surface area contributed by atoms with Crippen molar-refractivity contribution in [3.05, 3.63) is 78.1 Å². The summed E-state index contributed by atoms with van der Waals surface area (Å²) < 4.78 is 19.3. The average Bonchev–Trinajstić information content (AvgIpc) is 3.23. The van der Waals surface area contributed by atoms with E-state index >= 15 is 0 Å². The van der Waals surface area contributed by atoms with Gasteiger partial charge in [0.05, 0.1) is 19.1 Å². The number of hydrogen-bond donors (Lipinski definition) is 3. The lowest BCUT2D eigenvalue weighted by Crippen LogP contribution is -2.42. The van der Waals surface area contributed by atoms with Crippen LogP contribution in [0.25, 0.3) is 5.69 Å². The Kier molecular flexibility index (Phi) is 6.38. The zero-order valence-corrected chi connectivity index (χ0v) is 15.9. The number of halogens is 1. The van der Waals surface area contributed by atoms with Crippen molar-refractivity contribution in [2.45, 2.75) is 6.92 Å². The molecule has 10 heteroatoms. The summed E-state index contributed by atoms with van der Waals surface area (Å²) in [6.07, 6.45) is 2.12. The first-order valence-corrected chi connectivity index (χ1v) is 8.90. The highest BCUT2D eigenvalue weighted by atomic mass is 19.1. The maximum atomic E-state index is 13.1. The van der Waals surface area contributed by atoms with Gasteiger partial charge in [0, 0.05) is 16.9 Å². The van der Waals surface area contributed by atoms with Crippen molar-refractivity contribution in [2.75, 3.05) is 11.9 Å². The number of amides is 3. The summed E-state index contributed by atoms with van der Waals surface area (Å²) in [5.74, 6) is -1.56. The van der Waals surface area contributed by atoms with Crippen LogP contribution < -0.4 is 16.2 Å². The van der Waals surface area contributed by atoms with Gasteiger partial charge in [-0.2, -0.15) is 0 Å². The number of anilines is 1. The molecule has 0 saturated carbocycles. The number of rotatable bonds is 5. The van der Waals surface area contributed by atoms with E-state index < -0.39 is 23.7 Å². The second-order valence-corrected chi connectivity index (χ2v) is 5.96. The van der Waals surface area contributed by atoms with E-state index in [0.717, 1.165) is 0 Å². The predicted molar refractivity (Wildman–Crippen MR) is 106 cm³/mol. The minimum Gasteiger partial charge on any atom is -0.450 e. The summed E-state index contributed by atoms with van der Waals surface area (Å²) in [5.41, 5.74) is 6.01. The molecule has 0 unspecified atom stereocenters. The van der Waals surface area contributed by atoms with Crippen LogP contribution in [0, 0.1) is 5.82 Å². The van der Waals surface area contributed by atoms with E-state index in [-0.39, 0.29) is 17.9 Å². The Labute approximate surface area is 170 Å². The first-order chi connectivity index (χ1) is 14.5. The first kappa shape index (κ1) is 20.5. The largest absolute Gasteiger partial charge is 0.450 e. The molecule has 0 fully saturated rings. The monoisotopic (exact) mass is 411 g/mol. The standard InChI is InChI=1S/C20H18FN5O4/c1-2-30-20(29)23-15-7-3-13(4-8-15)18(27)24-25-19(28)17-11-22-12-26(17)16-9-5-14(21)6-10-16/h3-12H,2H2,1H3,(H,23,29)(H,24,27)(H,25,28). The fraction of sp³-hybridized carbons (Fsp3) is 0.100. The third kappa shape index (κ3) is 4.98. The normalized spacial score (nSPS) is 10.2. The third-order valence-corrected chi connectivity index (χ3v) is 3.93. The Morgan fingerprint density at radius 3 is 2.33 bits per heavy atom. The summed E-state index contributed by atoms with van der Waals surface area (Å²) in [4.78, 5) is 40.0. The number of nitrogens with one attached hydrogen (secondary N) is 3. The van der Waals surface area contributed by atoms with E-state index in [4.69, 9.17) is 4.74 Å². The Balaban J connectivity index is 1.60. The molecule has 30 heavy (non-hydrogen) atoms. The molecule has 0 bridgehead atoms. The van der Waals surface area contributed by atoms with Gasteiger partial charge in [-0.25, -0.2) is 14.2 Å². The maximum absolute atomic E-state index is 13.1. The van der Waals surface area contributed by atoms with Gasteiger partial charge < -0.3 is 4.74 Å². The van der Waals surface area contributed by atoms with Crippen LogP contribution in [0.2, 0.25) is 0 Å². The summed E-state index contributed by atoms with van der Waals surface area (Å²) in [7, 11) is 0. The van der Waals surface area contributed by atoms with Gasteiger partial charge in [0.1, 0.15) is 11.5 Å². The highest BCUT2D eigenvalue weighted by molar-refractivity contribution is 5.99. The molecule has 1 aromatic heterocycles. The van der Waals surface area contributed by atoms with Gasteiger partial charge in [0.2, 0.25) is 0 Å². The topological polar surface area (TPSA) is 114 Å². The van der Waals surface area contributed by atoms with Crippen LogP contribution in [0.3, 0.4) is 0 Å². The number of carbonyl (C=O) groups is 3. The Morgan fingerprint density at radius 2 is 1.67 bits per heavy atom. The van der Waals surface area contributed by atoms with Crippen molar-refractivity contribution in [1.29, 1.82) is 0 Å². The number of aromatic nitrogens is 2. The second kappa shape index (κ2) is 9.32. The van der Waals surface area contributed by atoms with E-state index in [2.05, 4.69) is 21.2 Å². The number of imidazole rings is 1. The fourth-order valence-electron chi connectivity index (χ4n) is 2.51. The first-order valence-electron chi connectivity index (χ1n) is 8.90.